The smallest absolute Gasteiger partial charge is 0.303 e. The van der Waals surface area contributed by atoms with Crippen molar-refractivity contribution >= 4 is 17.6 Å². The average molecular weight is 301 g/mol. The Balaban J connectivity index is 2.00. The summed E-state index contributed by atoms with van der Waals surface area (Å²) in [6.07, 6.45) is 1.31. The van der Waals surface area contributed by atoms with E-state index in [2.05, 4.69) is 5.32 Å². The van der Waals surface area contributed by atoms with Gasteiger partial charge in [0.05, 0.1) is 0 Å². The average Bonchev–Trinajstić information content (AvgIpc) is 2.87. The van der Waals surface area contributed by atoms with Gasteiger partial charge in [-0.3, -0.25) is 9.59 Å². The SMILES string of the molecule is CCc1oc(C(=O)Nc2ccc(CCC(=O)O)cc2)cc1C. The van der Waals surface area contributed by atoms with E-state index in [0.717, 1.165) is 23.3 Å². The largest absolute Gasteiger partial charge is 0.481 e. The molecule has 1 aromatic carbocycles. The number of anilines is 1. The lowest BCUT2D eigenvalue weighted by atomic mass is 10.1. The predicted molar refractivity (Wildman–Crippen MR) is 83.2 cm³/mol. The molecular weight excluding hydrogens is 282 g/mol. The van der Waals surface area contributed by atoms with E-state index in [9.17, 15) is 9.59 Å². The first-order valence-corrected chi connectivity index (χ1v) is 7.21. The zero-order valence-corrected chi connectivity index (χ0v) is 12.7. The van der Waals surface area contributed by atoms with Crippen LogP contribution in [-0.2, 0) is 17.6 Å². The molecule has 0 aliphatic rings. The normalized spacial score (nSPS) is 10.5. The minimum absolute atomic E-state index is 0.0944. The molecule has 1 amide bonds. The van der Waals surface area contributed by atoms with Crippen molar-refractivity contribution < 1.29 is 19.1 Å². The Morgan fingerprint density at radius 2 is 1.91 bits per heavy atom. The minimum atomic E-state index is -0.822. The maximum absolute atomic E-state index is 12.1. The third kappa shape index (κ3) is 3.97. The molecule has 1 aromatic heterocycles. The van der Waals surface area contributed by atoms with Gasteiger partial charge in [-0.1, -0.05) is 19.1 Å². The van der Waals surface area contributed by atoms with E-state index in [-0.39, 0.29) is 12.3 Å². The number of carboxylic acids is 1. The fraction of sp³-hybridized carbons (Fsp3) is 0.294. The highest BCUT2D eigenvalue weighted by Gasteiger charge is 2.13. The van der Waals surface area contributed by atoms with Gasteiger partial charge in [0, 0.05) is 18.5 Å². The van der Waals surface area contributed by atoms with Crippen LogP contribution in [0.2, 0.25) is 0 Å². The Morgan fingerprint density at radius 3 is 2.45 bits per heavy atom. The first-order valence-electron chi connectivity index (χ1n) is 7.21. The Kier molecular flexibility index (Phi) is 4.99. The van der Waals surface area contributed by atoms with Crippen molar-refractivity contribution in [2.75, 3.05) is 5.32 Å². The van der Waals surface area contributed by atoms with Crippen LogP contribution in [0.3, 0.4) is 0 Å². The van der Waals surface area contributed by atoms with Gasteiger partial charge in [0.15, 0.2) is 5.76 Å². The fourth-order valence-electron chi connectivity index (χ4n) is 2.18. The molecule has 2 rings (SSSR count). The van der Waals surface area contributed by atoms with Crippen LogP contribution in [0.25, 0.3) is 0 Å². The highest BCUT2D eigenvalue weighted by Crippen LogP contribution is 2.17. The number of nitrogens with one attached hydrogen (secondary N) is 1. The van der Waals surface area contributed by atoms with E-state index in [4.69, 9.17) is 9.52 Å². The molecule has 0 unspecified atom stereocenters. The summed E-state index contributed by atoms with van der Waals surface area (Å²) in [5.41, 5.74) is 2.54. The molecule has 0 fully saturated rings. The Morgan fingerprint density at radius 1 is 1.23 bits per heavy atom. The Bertz CT molecular complexity index is 670. The molecule has 0 saturated heterocycles. The number of amides is 1. The number of carbonyl (C=O) groups is 2. The van der Waals surface area contributed by atoms with E-state index in [1.165, 1.54) is 0 Å². The van der Waals surface area contributed by atoms with Crippen LogP contribution in [0.1, 0.15) is 40.8 Å². The number of hydrogen-bond acceptors (Lipinski definition) is 3. The lowest BCUT2D eigenvalue weighted by Crippen LogP contribution is -2.10. The molecule has 0 bridgehead atoms. The lowest BCUT2D eigenvalue weighted by molar-refractivity contribution is -0.136. The topological polar surface area (TPSA) is 79.5 Å². The van der Waals surface area contributed by atoms with Crippen LogP contribution in [0.4, 0.5) is 5.69 Å². The molecule has 1 heterocycles. The van der Waals surface area contributed by atoms with Crippen molar-refractivity contribution in [3.8, 4) is 0 Å². The molecule has 5 nitrogen and oxygen atoms in total. The van der Waals surface area contributed by atoms with Gasteiger partial charge in [-0.2, -0.15) is 0 Å². The second-order valence-corrected chi connectivity index (χ2v) is 5.12. The molecule has 22 heavy (non-hydrogen) atoms. The van der Waals surface area contributed by atoms with Crippen LogP contribution in [0.5, 0.6) is 0 Å². The monoisotopic (exact) mass is 301 g/mol. The summed E-state index contributed by atoms with van der Waals surface area (Å²) in [4.78, 5) is 22.6. The zero-order chi connectivity index (χ0) is 16.1. The number of aryl methyl sites for hydroxylation is 3. The van der Waals surface area contributed by atoms with Gasteiger partial charge in [0.2, 0.25) is 0 Å². The number of carbonyl (C=O) groups excluding carboxylic acids is 1. The summed E-state index contributed by atoms with van der Waals surface area (Å²) in [5, 5.41) is 11.4. The summed E-state index contributed by atoms with van der Waals surface area (Å²) in [5.74, 6) is -0.00291. The third-order valence-corrected chi connectivity index (χ3v) is 3.40. The number of rotatable bonds is 6. The van der Waals surface area contributed by atoms with Crippen LogP contribution in [0, 0.1) is 6.92 Å². The van der Waals surface area contributed by atoms with E-state index >= 15 is 0 Å². The van der Waals surface area contributed by atoms with Crippen LogP contribution < -0.4 is 5.32 Å². The maximum Gasteiger partial charge on any atom is 0.303 e. The summed E-state index contributed by atoms with van der Waals surface area (Å²) in [6.45, 7) is 3.89. The van der Waals surface area contributed by atoms with Gasteiger partial charge in [0.25, 0.3) is 5.91 Å². The first-order chi connectivity index (χ1) is 10.5. The van der Waals surface area contributed by atoms with Crippen molar-refractivity contribution in [1.29, 1.82) is 0 Å². The van der Waals surface area contributed by atoms with Crippen molar-refractivity contribution in [1.82, 2.24) is 0 Å². The first kappa shape index (κ1) is 15.8. The van der Waals surface area contributed by atoms with Gasteiger partial charge in [-0.25, -0.2) is 0 Å². The summed E-state index contributed by atoms with van der Waals surface area (Å²) >= 11 is 0. The molecular formula is C17H19NO4. The number of benzene rings is 1. The molecule has 0 atom stereocenters. The van der Waals surface area contributed by atoms with E-state index < -0.39 is 5.97 Å². The molecule has 0 saturated carbocycles. The third-order valence-electron chi connectivity index (χ3n) is 3.40. The molecule has 0 spiro atoms. The van der Waals surface area contributed by atoms with Crippen LogP contribution >= 0.6 is 0 Å². The fourth-order valence-corrected chi connectivity index (χ4v) is 2.18. The Labute approximate surface area is 129 Å². The standard InChI is InChI=1S/C17H19NO4/c1-3-14-11(2)10-15(22-14)17(21)18-13-7-4-12(5-8-13)6-9-16(19)20/h4-5,7-8,10H,3,6,9H2,1-2H3,(H,18,21)(H,19,20). The number of carboxylic acid groups (broad SMARTS) is 1. The van der Waals surface area contributed by atoms with Crippen LogP contribution in [0.15, 0.2) is 34.7 Å². The molecule has 0 aliphatic heterocycles. The number of furan rings is 1. The van der Waals surface area contributed by atoms with Crippen molar-refractivity contribution in [3.05, 3.63) is 53.0 Å². The highest BCUT2D eigenvalue weighted by atomic mass is 16.4. The number of hydrogen-bond donors (Lipinski definition) is 2. The van der Waals surface area contributed by atoms with E-state index in [0.29, 0.717) is 17.9 Å². The second kappa shape index (κ2) is 6.93. The molecule has 2 N–H and O–H groups in total. The maximum atomic E-state index is 12.1. The van der Waals surface area contributed by atoms with Gasteiger partial charge in [-0.05, 0) is 42.7 Å². The van der Waals surface area contributed by atoms with Gasteiger partial charge >= 0.3 is 5.97 Å². The van der Waals surface area contributed by atoms with Crippen molar-refractivity contribution in [2.45, 2.75) is 33.1 Å². The molecule has 2 aromatic rings. The number of aliphatic carboxylic acids is 1. The molecule has 116 valence electrons. The second-order valence-electron chi connectivity index (χ2n) is 5.12. The van der Waals surface area contributed by atoms with Gasteiger partial charge in [0.1, 0.15) is 5.76 Å². The highest BCUT2D eigenvalue weighted by molar-refractivity contribution is 6.02. The van der Waals surface area contributed by atoms with Gasteiger partial charge < -0.3 is 14.8 Å². The quantitative estimate of drug-likeness (QED) is 0.856. The summed E-state index contributed by atoms with van der Waals surface area (Å²) in [7, 11) is 0. The summed E-state index contributed by atoms with van der Waals surface area (Å²) in [6, 6.07) is 8.86. The molecule has 5 heteroatoms. The van der Waals surface area contributed by atoms with Crippen LogP contribution in [-0.4, -0.2) is 17.0 Å². The minimum Gasteiger partial charge on any atom is -0.481 e. The van der Waals surface area contributed by atoms with Gasteiger partial charge in [-0.15, -0.1) is 0 Å². The van der Waals surface area contributed by atoms with Crippen molar-refractivity contribution in [3.63, 3.8) is 0 Å². The molecule has 0 aliphatic carbocycles. The molecule has 0 radical (unpaired) electrons. The van der Waals surface area contributed by atoms with E-state index in [1.54, 1.807) is 18.2 Å². The summed E-state index contributed by atoms with van der Waals surface area (Å²) < 4.78 is 5.51. The Hall–Kier alpha value is -2.56. The van der Waals surface area contributed by atoms with E-state index in [1.807, 2.05) is 26.0 Å². The zero-order valence-electron chi connectivity index (χ0n) is 12.7. The predicted octanol–water partition coefficient (Wildman–Crippen LogP) is 3.42. The van der Waals surface area contributed by atoms with Crippen molar-refractivity contribution in [2.24, 2.45) is 0 Å². The lowest BCUT2D eigenvalue weighted by Gasteiger charge is -2.04.